The van der Waals surface area contributed by atoms with E-state index in [1.54, 1.807) is 0 Å². The zero-order chi connectivity index (χ0) is 25.8. The first kappa shape index (κ1) is 27.3. The predicted molar refractivity (Wildman–Crippen MR) is 143 cm³/mol. The van der Waals surface area contributed by atoms with Gasteiger partial charge < -0.3 is 10.4 Å². The van der Waals surface area contributed by atoms with Crippen molar-refractivity contribution in [3.05, 3.63) is 47.2 Å². The molecule has 0 aromatic carbocycles. The molecule has 2 aliphatic carbocycles. The molecule has 1 aliphatic heterocycles. The van der Waals surface area contributed by atoms with Crippen molar-refractivity contribution >= 4 is 12.0 Å². The van der Waals surface area contributed by atoms with Gasteiger partial charge in [0.05, 0.1) is 6.04 Å². The minimum atomic E-state index is -0.723. The number of hydrogen-bond acceptors (Lipinski definition) is 2. The van der Waals surface area contributed by atoms with Crippen LogP contribution in [0.4, 0.5) is 4.79 Å². The van der Waals surface area contributed by atoms with Gasteiger partial charge in [0.1, 0.15) is 0 Å². The highest BCUT2D eigenvalue weighted by Crippen LogP contribution is 2.35. The highest BCUT2D eigenvalue weighted by Gasteiger charge is 2.35. The molecule has 1 saturated carbocycles. The SMILES string of the molecule is CCC1C=CC([C@@H]2NC(=O)N(C3CCC(CC(=O)O)CC3)C=C2C(C)C)=CC=C1CCC(C)(C)C. The molecule has 2 N–H and O–H groups in total. The first-order valence-electron chi connectivity index (χ1n) is 13.6. The van der Waals surface area contributed by atoms with Crippen molar-refractivity contribution in [2.75, 3.05) is 0 Å². The van der Waals surface area contributed by atoms with E-state index in [1.165, 1.54) is 11.1 Å². The third-order valence-electron chi connectivity index (χ3n) is 7.89. The Morgan fingerprint density at radius 2 is 1.86 bits per heavy atom. The Balaban J connectivity index is 1.80. The maximum Gasteiger partial charge on any atom is 0.322 e. The van der Waals surface area contributed by atoms with Gasteiger partial charge in [-0.1, -0.05) is 71.4 Å². The Labute approximate surface area is 212 Å². The normalized spacial score (nSPS) is 27.7. The van der Waals surface area contributed by atoms with Crippen LogP contribution in [0.15, 0.2) is 47.2 Å². The number of carbonyl (C=O) groups is 2. The molecule has 194 valence electrons. The molecule has 3 rings (SSSR count). The van der Waals surface area contributed by atoms with E-state index in [-0.39, 0.29) is 30.5 Å². The lowest BCUT2D eigenvalue weighted by atomic mass is 9.83. The lowest BCUT2D eigenvalue weighted by molar-refractivity contribution is -0.138. The lowest BCUT2D eigenvalue weighted by Gasteiger charge is -2.40. The molecule has 1 heterocycles. The van der Waals surface area contributed by atoms with Gasteiger partial charge in [0, 0.05) is 18.7 Å². The number of urea groups is 1. The molecule has 5 heteroatoms. The summed E-state index contributed by atoms with van der Waals surface area (Å²) in [5.74, 6) is 0.245. The molecular weight excluding hydrogens is 436 g/mol. The third kappa shape index (κ3) is 7.35. The summed E-state index contributed by atoms with van der Waals surface area (Å²) in [4.78, 5) is 26.2. The van der Waals surface area contributed by atoms with E-state index in [2.05, 4.69) is 77.4 Å². The summed E-state index contributed by atoms with van der Waals surface area (Å²) >= 11 is 0. The van der Waals surface area contributed by atoms with Gasteiger partial charge in [-0.3, -0.25) is 9.69 Å². The van der Waals surface area contributed by atoms with Crippen LogP contribution in [0.3, 0.4) is 0 Å². The number of hydrogen-bond donors (Lipinski definition) is 2. The molecule has 2 atom stereocenters. The van der Waals surface area contributed by atoms with Gasteiger partial charge in [-0.15, -0.1) is 0 Å². The van der Waals surface area contributed by atoms with Crippen LogP contribution in [0.5, 0.6) is 0 Å². The van der Waals surface area contributed by atoms with Crippen molar-refractivity contribution in [2.45, 2.75) is 105 Å². The summed E-state index contributed by atoms with van der Waals surface area (Å²) < 4.78 is 0. The smallest absolute Gasteiger partial charge is 0.322 e. The highest BCUT2D eigenvalue weighted by molar-refractivity contribution is 5.79. The van der Waals surface area contributed by atoms with E-state index >= 15 is 0 Å². The molecule has 0 spiro atoms. The van der Waals surface area contributed by atoms with Crippen molar-refractivity contribution in [1.29, 1.82) is 0 Å². The van der Waals surface area contributed by atoms with E-state index in [1.807, 2.05) is 4.90 Å². The first-order chi connectivity index (χ1) is 16.5. The Kier molecular flexibility index (Phi) is 9.06. The van der Waals surface area contributed by atoms with E-state index < -0.39 is 5.97 Å². The molecule has 0 bridgehead atoms. The Bertz CT molecular complexity index is 895. The number of aliphatic carboxylic acids is 1. The maximum absolute atomic E-state index is 13.3. The summed E-state index contributed by atoms with van der Waals surface area (Å²) in [5, 5.41) is 12.4. The van der Waals surface area contributed by atoms with Crippen LogP contribution in [0.1, 0.15) is 92.9 Å². The fourth-order valence-corrected chi connectivity index (χ4v) is 5.59. The zero-order valence-electron chi connectivity index (χ0n) is 22.6. The second kappa shape index (κ2) is 11.6. The van der Waals surface area contributed by atoms with Gasteiger partial charge in [0.25, 0.3) is 0 Å². The minimum Gasteiger partial charge on any atom is -0.481 e. The summed E-state index contributed by atoms with van der Waals surface area (Å²) in [6.07, 6.45) is 18.2. The number of carboxylic acids is 1. The van der Waals surface area contributed by atoms with Crippen molar-refractivity contribution in [3.63, 3.8) is 0 Å². The number of rotatable bonds is 8. The molecule has 1 unspecified atom stereocenters. The Hall–Kier alpha value is -2.30. The van der Waals surface area contributed by atoms with E-state index in [0.29, 0.717) is 17.3 Å². The summed E-state index contributed by atoms with van der Waals surface area (Å²) in [6.45, 7) is 13.5. The van der Waals surface area contributed by atoms with Crippen LogP contribution in [-0.4, -0.2) is 34.1 Å². The van der Waals surface area contributed by atoms with Crippen molar-refractivity contribution in [2.24, 2.45) is 23.2 Å². The monoisotopic (exact) mass is 482 g/mol. The lowest BCUT2D eigenvalue weighted by Crippen LogP contribution is -2.53. The quantitative estimate of drug-likeness (QED) is 0.383. The number of amides is 2. The van der Waals surface area contributed by atoms with Crippen LogP contribution < -0.4 is 5.32 Å². The molecule has 35 heavy (non-hydrogen) atoms. The van der Waals surface area contributed by atoms with Crippen molar-refractivity contribution in [1.82, 2.24) is 10.2 Å². The topological polar surface area (TPSA) is 69.6 Å². The minimum absolute atomic E-state index is 0.0383. The van der Waals surface area contributed by atoms with E-state index in [9.17, 15) is 9.59 Å². The van der Waals surface area contributed by atoms with Crippen LogP contribution >= 0.6 is 0 Å². The number of carbonyl (C=O) groups excluding carboxylic acids is 1. The number of nitrogens with zero attached hydrogens (tertiary/aromatic N) is 1. The molecule has 2 amide bonds. The van der Waals surface area contributed by atoms with Gasteiger partial charge in [-0.05, 0) is 79.3 Å². The molecule has 3 aliphatic rings. The standard InChI is InChI=1S/C30H46N2O3/c1-7-22-10-12-24(13-11-23(22)16-17-30(4,5)6)28-26(20(2)3)19-32(29(35)31-28)25-14-8-21(9-15-25)18-27(33)34/h10-13,19-22,25,28H,7-9,14-18H2,1-6H3,(H,31,35)(H,33,34)/t21?,22?,25?,28-/m0/s1. The fourth-order valence-electron chi connectivity index (χ4n) is 5.59. The summed E-state index contributed by atoms with van der Waals surface area (Å²) in [7, 11) is 0. The van der Waals surface area contributed by atoms with Crippen LogP contribution in [-0.2, 0) is 4.79 Å². The van der Waals surface area contributed by atoms with Crippen molar-refractivity contribution in [3.8, 4) is 0 Å². The van der Waals surface area contributed by atoms with Gasteiger partial charge in [0.15, 0.2) is 0 Å². The van der Waals surface area contributed by atoms with Crippen molar-refractivity contribution < 1.29 is 14.7 Å². The van der Waals surface area contributed by atoms with Crippen LogP contribution in [0, 0.1) is 23.2 Å². The largest absolute Gasteiger partial charge is 0.481 e. The summed E-state index contributed by atoms with van der Waals surface area (Å²) in [6, 6.07) is -0.0144. The average Bonchev–Trinajstić information content (AvgIpc) is 2.99. The molecule has 0 radical (unpaired) electrons. The average molecular weight is 483 g/mol. The second-order valence-electron chi connectivity index (χ2n) is 12.2. The van der Waals surface area contributed by atoms with Crippen LogP contribution in [0.2, 0.25) is 0 Å². The number of allylic oxidation sites excluding steroid dienone is 4. The molecule has 0 aromatic rings. The Morgan fingerprint density at radius 1 is 1.17 bits per heavy atom. The van der Waals surface area contributed by atoms with Crippen LogP contribution in [0.25, 0.3) is 0 Å². The van der Waals surface area contributed by atoms with Gasteiger partial charge >= 0.3 is 12.0 Å². The second-order valence-corrected chi connectivity index (χ2v) is 12.2. The molecular formula is C30H46N2O3. The Morgan fingerprint density at radius 3 is 2.43 bits per heavy atom. The highest BCUT2D eigenvalue weighted by atomic mass is 16.4. The first-order valence-corrected chi connectivity index (χ1v) is 13.6. The zero-order valence-corrected chi connectivity index (χ0v) is 22.6. The van der Waals surface area contributed by atoms with Gasteiger partial charge in [-0.2, -0.15) is 0 Å². The van der Waals surface area contributed by atoms with Gasteiger partial charge in [-0.25, -0.2) is 4.79 Å². The molecule has 1 fully saturated rings. The summed E-state index contributed by atoms with van der Waals surface area (Å²) in [5.41, 5.74) is 4.16. The molecule has 5 nitrogen and oxygen atoms in total. The number of nitrogens with one attached hydrogen (secondary N) is 1. The van der Waals surface area contributed by atoms with E-state index in [4.69, 9.17) is 5.11 Å². The maximum atomic E-state index is 13.3. The fraction of sp³-hybridized carbons (Fsp3) is 0.667. The molecule has 0 aromatic heterocycles. The van der Waals surface area contributed by atoms with E-state index in [0.717, 1.165) is 50.5 Å². The number of carboxylic acid groups (broad SMARTS) is 1. The predicted octanol–water partition coefficient (Wildman–Crippen LogP) is 7.23. The van der Waals surface area contributed by atoms with Gasteiger partial charge in [0.2, 0.25) is 0 Å². The molecule has 0 saturated heterocycles. The third-order valence-corrected chi connectivity index (χ3v) is 7.89.